The van der Waals surface area contributed by atoms with Crippen LogP contribution < -0.4 is 0 Å². The number of hydrogen-bond acceptors (Lipinski definition) is 1. The van der Waals surface area contributed by atoms with Crippen LogP contribution in [0.3, 0.4) is 0 Å². The molecule has 0 saturated carbocycles. The van der Waals surface area contributed by atoms with Crippen molar-refractivity contribution in [2.45, 2.75) is 20.8 Å². The summed E-state index contributed by atoms with van der Waals surface area (Å²) in [5, 5.41) is 8.48. The van der Waals surface area contributed by atoms with Crippen LogP contribution in [0.25, 0.3) is 0 Å². The fourth-order valence-electron chi connectivity index (χ4n) is 0.704. The average molecular weight is 128 g/mol. The molecule has 2 nitrogen and oxygen atoms in total. The van der Waals surface area contributed by atoms with Gasteiger partial charge in [-0.15, -0.1) is 0 Å². The maximum Gasteiger partial charge on any atom is 0.331 e. The normalized spacial score (nSPS) is 12.2. The Morgan fingerprint density at radius 3 is 2.00 bits per heavy atom. The van der Waals surface area contributed by atoms with Gasteiger partial charge in [0.25, 0.3) is 0 Å². The molecule has 0 saturated heterocycles. The Bertz CT molecular complexity index is 134. The highest BCUT2D eigenvalue weighted by Gasteiger charge is 2.08. The third-order valence-electron chi connectivity index (χ3n) is 1.18. The van der Waals surface area contributed by atoms with Gasteiger partial charge in [0, 0.05) is 5.57 Å². The molecule has 0 rings (SSSR count). The van der Waals surface area contributed by atoms with Crippen molar-refractivity contribution < 1.29 is 9.90 Å². The molecule has 0 bridgehead atoms. The van der Waals surface area contributed by atoms with E-state index in [1.165, 1.54) is 0 Å². The molecule has 0 aromatic rings. The van der Waals surface area contributed by atoms with Gasteiger partial charge >= 0.3 is 5.97 Å². The van der Waals surface area contributed by atoms with E-state index in [-0.39, 0.29) is 5.92 Å². The Morgan fingerprint density at radius 2 is 2.00 bits per heavy atom. The number of allylic oxidation sites excluding steroid dienone is 1. The van der Waals surface area contributed by atoms with E-state index in [1.807, 2.05) is 13.8 Å². The van der Waals surface area contributed by atoms with Crippen molar-refractivity contribution in [2.75, 3.05) is 0 Å². The second-order valence-electron chi connectivity index (χ2n) is 2.20. The fourth-order valence-corrected chi connectivity index (χ4v) is 0.704. The summed E-state index contributed by atoms with van der Waals surface area (Å²) in [5.74, 6) is -0.694. The Morgan fingerprint density at radius 1 is 1.56 bits per heavy atom. The first-order valence-electron chi connectivity index (χ1n) is 2.99. The molecule has 0 fully saturated rings. The van der Waals surface area contributed by atoms with Crippen LogP contribution in [0.2, 0.25) is 0 Å². The van der Waals surface area contributed by atoms with Crippen LogP contribution in [-0.2, 0) is 4.79 Å². The number of carboxylic acids is 1. The van der Waals surface area contributed by atoms with Crippen molar-refractivity contribution in [3.05, 3.63) is 11.6 Å². The van der Waals surface area contributed by atoms with Gasteiger partial charge in [0.1, 0.15) is 0 Å². The molecular formula is C7H12O2. The smallest absolute Gasteiger partial charge is 0.331 e. The van der Waals surface area contributed by atoms with Crippen LogP contribution in [0.15, 0.2) is 11.6 Å². The lowest BCUT2D eigenvalue weighted by molar-refractivity contribution is -0.133. The molecule has 2 heteroatoms. The zero-order valence-electron chi connectivity index (χ0n) is 6.01. The number of hydrogen-bond donors (Lipinski definition) is 1. The topological polar surface area (TPSA) is 37.3 Å². The number of aliphatic carboxylic acids is 1. The summed E-state index contributed by atoms with van der Waals surface area (Å²) in [6.07, 6.45) is 1.63. The largest absolute Gasteiger partial charge is 0.478 e. The Labute approximate surface area is 55.2 Å². The zero-order chi connectivity index (χ0) is 7.44. The third kappa shape index (κ3) is 2.31. The molecule has 0 spiro atoms. The minimum Gasteiger partial charge on any atom is -0.478 e. The number of carbonyl (C=O) groups is 1. The van der Waals surface area contributed by atoms with Gasteiger partial charge in [0.05, 0.1) is 0 Å². The van der Waals surface area contributed by atoms with Gasteiger partial charge in [-0.3, -0.25) is 0 Å². The minimum atomic E-state index is -0.813. The molecule has 0 aromatic heterocycles. The molecule has 9 heavy (non-hydrogen) atoms. The van der Waals surface area contributed by atoms with Gasteiger partial charge < -0.3 is 5.11 Å². The van der Waals surface area contributed by atoms with Gasteiger partial charge in [-0.25, -0.2) is 4.79 Å². The minimum absolute atomic E-state index is 0.118. The maximum absolute atomic E-state index is 10.3. The molecule has 0 aliphatic carbocycles. The predicted molar refractivity (Wildman–Crippen MR) is 36.2 cm³/mol. The van der Waals surface area contributed by atoms with Crippen molar-refractivity contribution in [1.82, 2.24) is 0 Å². The summed E-state index contributed by atoms with van der Waals surface area (Å²) >= 11 is 0. The molecule has 0 amide bonds. The molecule has 0 radical (unpaired) electrons. The summed E-state index contributed by atoms with van der Waals surface area (Å²) in [6.45, 7) is 5.47. The van der Waals surface area contributed by atoms with Gasteiger partial charge in [0.15, 0.2) is 0 Å². The molecule has 0 aliphatic heterocycles. The predicted octanol–water partition coefficient (Wildman–Crippen LogP) is 1.67. The van der Waals surface area contributed by atoms with Crippen molar-refractivity contribution in [1.29, 1.82) is 0 Å². The van der Waals surface area contributed by atoms with E-state index in [0.717, 1.165) is 0 Å². The van der Waals surface area contributed by atoms with E-state index < -0.39 is 5.97 Å². The van der Waals surface area contributed by atoms with Gasteiger partial charge in [-0.1, -0.05) is 19.9 Å². The van der Waals surface area contributed by atoms with E-state index in [9.17, 15) is 4.79 Å². The Hall–Kier alpha value is -0.790. The van der Waals surface area contributed by atoms with E-state index in [1.54, 1.807) is 13.0 Å². The standard InChI is InChI=1S/C7H12O2/c1-4-6(5(2)3)7(8)9/h4-5H,1-3H3,(H,8,9)/b6-4-. The third-order valence-corrected chi connectivity index (χ3v) is 1.18. The first kappa shape index (κ1) is 8.21. The number of rotatable bonds is 2. The molecule has 52 valence electrons. The lowest BCUT2D eigenvalue weighted by Gasteiger charge is -2.02. The summed E-state index contributed by atoms with van der Waals surface area (Å²) in [7, 11) is 0. The second kappa shape index (κ2) is 3.28. The van der Waals surface area contributed by atoms with Crippen molar-refractivity contribution in [2.24, 2.45) is 5.92 Å². The van der Waals surface area contributed by atoms with E-state index in [0.29, 0.717) is 5.57 Å². The lowest BCUT2D eigenvalue weighted by atomic mass is 10.0. The van der Waals surface area contributed by atoms with Crippen LogP contribution in [-0.4, -0.2) is 11.1 Å². The summed E-state index contributed by atoms with van der Waals surface area (Å²) in [4.78, 5) is 10.3. The van der Waals surface area contributed by atoms with Crippen LogP contribution in [0, 0.1) is 5.92 Å². The van der Waals surface area contributed by atoms with Gasteiger partial charge in [0.2, 0.25) is 0 Å². The quantitative estimate of drug-likeness (QED) is 0.574. The van der Waals surface area contributed by atoms with Crippen LogP contribution in [0.4, 0.5) is 0 Å². The average Bonchev–Trinajstić information content (AvgIpc) is 1.64. The first-order valence-corrected chi connectivity index (χ1v) is 2.99. The number of carboxylic acid groups (broad SMARTS) is 1. The molecule has 1 N–H and O–H groups in total. The SMILES string of the molecule is C/C=C(\C(=O)O)C(C)C. The summed E-state index contributed by atoms with van der Waals surface area (Å²) in [6, 6.07) is 0. The maximum atomic E-state index is 10.3. The van der Waals surface area contributed by atoms with Crippen LogP contribution in [0.5, 0.6) is 0 Å². The van der Waals surface area contributed by atoms with E-state index in [4.69, 9.17) is 5.11 Å². The fraction of sp³-hybridized carbons (Fsp3) is 0.571. The van der Waals surface area contributed by atoms with Crippen molar-refractivity contribution in [3.63, 3.8) is 0 Å². The van der Waals surface area contributed by atoms with E-state index >= 15 is 0 Å². The molecule has 0 aliphatic rings. The monoisotopic (exact) mass is 128 g/mol. The van der Waals surface area contributed by atoms with Crippen LogP contribution >= 0.6 is 0 Å². The van der Waals surface area contributed by atoms with E-state index in [2.05, 4.69) is 0 Å². The highest BCUT2D eigenvalue weighted by Crippen LogP contribution is 2.07. The molecule has 0 aromatic carbocycles. The molecule has 0 heterocycles. The Kier molecular flexibility index (Phi) is 2.99. The van der Waals surface area contributed by atoms with Gasteiger partial charge in [-0.05, 0) is 12.8 Å². The highest BCUT2D eigenvalue weighted by atomic mass is 16.4. The van der Waals surface area contributed by atoms with Crippen LogP contribution in [0.1, 0.15) is 20.8 Å². The second-order valence-corrected chi connectivity index (χ2v) is 2.20. The zero-order valence-corrected chi connectivity index (χ0v) is 6.01. The summed E-state index contributed by atoms with van der Waals surface area (Å²) < 4.78 is 0. The molecular weight excluding hydrogens is 116 g/mol. The van der Waals surface area contributed by atoms with Gasteiger partial charge in [-0.2, -0.15) is 0 Å². The Balaban J connectivity index is 4.19. The summed E-state index contributed by atoms with van der Waals surface area (Å²) in [5.41, 5.74) is 0.481. The highest BCUT2D eigenvalue weighted by molar-refractivity contribution is 5.86. The lowest BCUT2D eigenvalue weighted by Crippen LogP contribution is -2.05. The molecule has 0 atom stereocenters. The molecule has 0 unspecified atom stereocenters. The van der Waals surface area contributed by atoms with Crippen molar-refractivity contribution >= 4 is 5.97 Å². The van der Waals surface area contributed by atoms with Crippen molar-refractivity contribution in [3.8, 4) is 0 Å². The first-order chi connectivity index (χ1) is 4.09.